The van der Waals surface area contributed by atoms with Crippen LogP contribution < -0.4 is 16.6 Å². The van der Waals surface area contributed by atoms with E-state index in [0.29, 0.717) is 23.6 Å². The number of hydrogen-bond acceptors (Lipinski definition) is 4. The summed E-state index contributed by atoms with van der Waals surface area (Å²) in [6.07, 6.45) is 1.57. The number of anilines is 1. The second-order valence-electron chi connectivity index (χ2n) is 3.45. The average molecular weight is 231 g/mol. The van der Waals surface area contributed by atoms with Gasteiger partial charge in [0.1, 0.15) is 5.76 Å². The van der Waals surface area contributed by atoms with Gasteiger partial charge in [0.25, 0.3) is 5.91 Å². The summed E-state index contributed by atoms with van der Waals surface area (Å²) in [7, 11) is 0. The Hall–Kier alpha value is -2.27. The van der Waals surface area contributed by atoms with Gasteiger partial charge in [-0.1, -0.05) is 12.1 Å². The Morgan fingerprint density at radius 1 is 1.24 bits per heavy atom. The van der Waals surface area contributed by atoms with Crippen LogP contribution in [0.5, 0.6) is 0 Å². The molecule has 0 radical (unpaired) electrons. The number of para-hydroxylation sites is 1. The highest BCUT2D eigenvalue weighted by molar-refractivity contribution is 5.99. The van der Waals surface area contributed by atoms with Gasteiger partial charge < -0.3 is 15.2 Å². The lowest BCUT2D eigenvalue weighted by molar-refractivity contribution is 0.0949. The van der Waals surface area contributed by atoms with Crippen molar-refractivity contribution in [1.82, 2.24) is 5.32 Å². The molecule has 5 heteroatoms. The van der Waals surface area contributed by atoms with E-state index in [2.05, 4.69) is 10.7 Å². The molecule has 0 saturated heterocycles. The third-order valence-electron chi connectivity index (χ3n) is 2.33. The van der Waals surface area contributed by atoms with Gasteiger partial charge in [0.2, 0.25) is 0 Å². The Morgan fingerprint density at radius 2 is 2.06 bits per heavy atom. The summed E-state index contributed by atoms with van der Waals surface area (Å²) < 4.78 is 5.12. The SMILES string of the molecule is NNc1ccccc1C(=O)NCc1ccco1. The zero-order valence-electron chi connectivity index (χ0n) is 9.14. The predicted octanol–water partition coefficient (Wildman–Crippen LogP) is 1.50. The first-order valence-corrected chi connectivity index (χ1v) is 5.17. The first-order valence-electron chi connectivity index (χ1n) is 5.17. The van der Waals surface area contributed by atoms with Crippen molar-refractivity contribution in [1.29, 1.82) is 0 Å². The molecule has 1 aromatic carbocycles. The summed E-state index contributed by atoms with van der Waals surface area (Å²) in [6.45, 7) is 0.352. The number of rotatable bonds is 4. The molecule has 0 atom stereocenters. The molecule has 1 aromatic heterocycles. The molecule has 0 bridgehead atoms. The summed E-state index contributed by atoms with van der Waals surface area (Å²) in [6, 6.07) is 10.6. The second kappa shape index (κ2) is 5.18. The van der Waals surface area contributed by atoms with E-state index >= 15 is 0 Å². The number of nitrogen functional groups attached to an aromatic ring is 1. The van der Waals surface area contributed by atoms with Crippen LogP contribution in [0.3, 0.4) is 0 Å². The Labute approximate surface area is 98.6 Å². The van der Waals surface area contributed by atoms with E-state index in [1.807, 2.05) is 0 Å². The highest BCUT2D eigenvalue weighted by atomic mass is 16.3. The van der Waals surface area contributed by atoms with Crippen LogP contribution in [0.4, 0.5) is 5.69 Å². The normalized spacial score (nSPS) is 9.94. The fourth-order valence-electron chi connectivity index (χ4n) is 1.48. The number of hydrazine groups is 1. The van der Waals surface area contributed by atoms with Crippen LogP contribution in [-0.4, -0.2) is 5.91 Å². The summed E-state index contributed by atoms with van der Waals surface area (Å²) >= 11 is 0. The van der Waals surface area contributed by atoms with Gasteiger partial charge in [-0.15, -0.1) is 0 Å². The molecule has 88 valence electrons. The molecule has 2 aromatic rings. The Balaban J connectivity index is 2.04. The molecule has 0 fully saturated rings. The quantitative estimate of drug-likeness (QED) is 0.550. The highest BCUT2D eigenvalue weighted by Gasteiger charge is 2.09. The Kier molecular flexibility index (Phi) is 3.42. The number of carbonyl (C=O) groups is 1. The Bertz CT molecular complexity index is 494. The lowest BCUT2D eigenvalue weighted by Crippen LogP contribution is -2.24. The summed E-state index contributed by atoms with van der Waals surface area (Å²) in [5, 5.41) is 2.75. The maximum Gasteiger partial charge on any atom is 0.253 e. The van der Waals surface area contributed by atoms with Gasteiger partial charge in [0.15, 0.2) is 0 Å². The standard InChI is InChI=1S/C12H13N3O2/c13-15-11-6-2-1-5-10(11)12(16)14-8-9-4-3-7-17-9/h1-7,15H,8,13H2,(H,14,16). The number of carbonyl (C=O) groups excluding carboxylic acids is 1. The molecule has 5 nitrogen and oxygen atoms in total. The summed E-state index contributed by atoms with van der Waals surface area (Å²) in [5.74, 6) is 5.84. The largest absolute Gasteiger partial charge is 0.467 e. The van der Waals surface area contributed by atoms with E-state index in [0.717, 1.165) is 0 Å². The van der Waals surface area contributed by atoms with E-state index < -0.39 is 0 Å². The molecule has 0 unspecified atom stereocenters. The maximum atomic E-state index is 11.9. The summed E-state index contributed by atoms with van der Waals surface area (Å²) in [4.78, 5) is 11.9. The molecule has 0 spiro atoms. The molecule has 4 N–H and O–H groups in total. The van der Waals surface area contributed by atoms with Crippen molar-refractivity contribution in [3.8, 4) is 0 Å². The number of benzene rings is 1. The number of nitrogens with two attached hydrogens (primary N) is 1. The molecule has 17 heavy (non-hydrogen) atoms. The smallest absolute Gasteiger partial charge is 0.253 e. The van der Waals surface area contributed by atoms with Gasteiger partial charge in [-0.2, -0.15) is 0 Å². The van der Waals surface area contributed by atoms with Gasteiger partial charge in [-0.3, -0.25) is 10.6 Å². The van der Waals surface area contributed by atoms with Crippen LogP contribution in [0.25, 0.3) is 0 Å². The number of hydrogen-bond donors (Lipinski definition) is 3. The van der Waals surface area contributed by atoms with Gasteiger partial charge in [-0.25, -0.2) is 0 Å². The predicted molar refractivity (Wildman–Crippen MR) is 64.1 cm³/mol. The minimum absolute atomic E-state index is 0.199. The molecule has 0 aliphatic rings. The molecule has 0 aliphatic heterocycles. The van der Waals surface area contributed by atoms with Crippen molar-refractivity contribution in [3.05, 3.63) is 54.0 Å². The molecule has 2 rings (SSSR count). The van der Waals surface area contributed by atoms with Crippen LogP contribution >= 0.6 is 0 Å². The fraction of sp³-hybridized carbons (Fsp3) is 0.0833. The van der Waals surface area contributed by atoms with Crippen LogP contribution in [0, 0.1) is 0 Å². The van der Waals surface area contributed by atoms with E-state index in [9.17, 15) is 4.79 Å². The fourth-order valence-corrected chi connectivity index (χ4v) is 1.48. The summed E-state index contributed by atoms with van der Waals surface area (Å²) in [5.41, 5.74) is 3.57. The van der Waals surface area contributed by atoms with Crippen LogP contribution in [0.2, 0.25) is 0 Å². The molecule has 0 saturated carbocycles. The number of furan rings is 1. The van der Waals surface area contributed by atoms with Crippen LogP contribution in [-0.2, 0) is 6.54 Å². The molecule has 1 amide bonds. The minimum atomic E-state index is -0.199. The third kappa shape index (κ3) is 2.64. The maximum absolute atomic E-state index is 11.9. The first kappa shape index (κ1) is 11.2. The van der Waals surface area contributed by atoms with Crippen molar-refractivity contribution < 1.29 is 9.21 Å². The van der Waals surface area contributed by atoms with Crippen molar-refractivity contribution in [2.24, 2.45) is 5.84 Å². The lowest BCUT2D eigenvalue weighted by atomic mass is 10.1. The zero-order chi connectivity index (χ0) is 12.1. The second-order valence-corrected chi connectivity index (χ2v) is 3.45. The Morgan fingerprint density at radius 3 is 2.76 bits per heavy atom. The highest BCUT2D eigenvalue weighted by Crippen LogP contribution is 2.13. The molecular formula is C12H13N3O2. The minimum Gasteiger partial charge on any atom is -0.467 e. The topological polar surface area (TPSA) is 80.3 Å². The number of nitrogens with one attached hydrogen (secondary N) is 2. The van der Waals surface area contributed by atoms with E-state index in [1.54, 1.807) is 42.7 Å². The molecule has 0 aliphatic carbocycles. The monoisotopic (exact) mass is 231 g/mol. The van der Waals surface area contributed by atoms with Crippen LogP contribution in [0.15, 0.2) is 47.1 Å². The van der Waals surface area contributed by atoms with Gasteiger partial charge in [-0.05, 0) is 24.3 Å². The molecular weight excluding hydrogens is 218 g/mol. The first-order chi connectivity index (χ1) is 8.31. The zero-order valence-corrected chi connectivity index (χ0v) is 9.14. The van der Waals surface area contributed by atoms with Crippen molar-refractivity contribution in [2.45, 2.75) is 6.54 Å². The van der Waals surface area contributed by atoms with Crippen LogP contribution in [0.1, 0.15) is 16.1 Å². The number of amides is 1. The third-order valence-corrected chi connectivity index (χ3v) is 2.33. The van der Waals surface area contributed by atoms with Gasteiger partial charge in [0.05, 0.1) is 24.1 Å². The van der Waals surface area contributed by atoms with E-state index in [4.69, 9.17) is 10.3 Å². The van der Waals surface area contributed by atoms with E-state index in [-0.39, 0.29) is 5.91 Å². The van der Waals surface area contributed by atoms with Crippen molar-refractivity contribution >= 4 is 11.6 Å². The average Bonchev–Trinajstić information content (AvgIpc) is 2.89. The molecule has 1 heterocycles. The van der Waals surface area contributed by atoms with Gasteiger partial charge in [0, 0.05) is 0 Å². The van der Waals surface area contributed by atoms with E-state index in [1.165, 1.54) is 0 Å². The van der Waals surface area contributed by atoms with Crippen molar-refractivity contribution in [2.75, 3.05) is 5.43 Å². The lowest BCUT2D eigenvalue weighted by Gasteiger charge is -2.08. The van der Waals surface area contributed by atoms with Crippen molar-refractivity contribution in [3.63, 3.8) is 0 Å². The van der Waals surface area contributed by atoms with Gasteiger partial charge >= 0.3 is 0 Å².